The van der Waals surface area contributed by atoms with Gasteiger partial charge in [0.25, 0.3) is 0 Å². The summed E-state index contributed by atoms with van der Waals surface area (Å²) in [5, 5.41) is 10.7. The Kier molecular flexibility index (Phi) is 5.26. The van der Waals surface area contributed by atoms with Crippen molar-refractivity contribution < 1.29 is 9.84 Å². The quantitative estimate of drug-likeness (QED) is 0.908. The first-order chi connectivity index (χ1) is 9.06. The van der Waals surface area contributed by atoms with Crippen LogP contribution in [-0.2, 0) is 11.2 Å². The van der Waals surface area contributed by atoms with Gasteiger partial charge < -0.3 is 9.84 Å². The summed E-state index contributed by atoms with van der Waals surface area (Å²) >= 11 is 7.50. The number of ether oxygens (including phenoxy) is 1. The largest absolute Gasteiger partial charge is 0.391 e. The smallest absolute Gasteiger partial charge is 0.0931 e. The zero-order valence-corrected chi connectivity index (χ0v) is 13.1. The van der Waals surface area contributed by atoms with Crippen LogP contribution in [0, 0.1) is 0 Å². The highest BCUT2D eigenvalue weighted by Gasteiger charge is 2.38. The molecule has 1 fully saturated rings. The second kappa shape index (κ2) is 6.55. The number of aliphatic hydroxyl groups excluding tert-OH is 1. The minimum absolute atomic E-state index is 0.194. The Balaban J connectivity index is 2.06. The van der Waals surface area contributed by atoms with Crippen molar-refractivity contribution in [3.8, 4) is 0 Å². The molecule has 108 valence electrons. The van der Waals surface area contributed by atoms with Crippen LogP contribution in [0.4, 0.5) is 0 Å². The van der Waals surface area contributed by atoms with Crippen LogP contribution in [0.15, 0.2) is 12.1 Å². The molecule has 0 saturated carbocycles. The maximum absolute atomic E-state index is 10.7. The number of hydrogen-bond acceptors (Lipinski definition) is 4. The van der Waals surface area contributed by atoms with Crippen LogP contribution in [0.2, 0.25) is 4.34 Å². The molecule has 5 heteroatoms. The minimum atomic E-state index is -0.384. The van der Waals surface area contributed by atoms with E-state index in [1.54, 1.807) is 11.3 Å². The number of aliphatic hydroxyl groups is 1. The number of rotatable bonds is 5. The molecule has 0 amide bonds. The Labute approximate surface area is 124 Å². The highest BCUT2D eigenvalue weighted by atomic mass is 35.5. The van der Waals surface area contributed by atoms with Crippen molar-refractivity contribution in [2.24, 2.45) is 0 Å². The molecule has 1 aromatic heterocycles. The standard InChI is InChI=1S/C14H22ClNO2S/c1-3-14(2,16-6-8-18-9-7-16)12(17)10-11-4-5-13(15)19-11/h4-5,12,17H,3,6-10H2,1-2H3. The van der Waals surface area contributed by atoms with Gasteiger partial charge in [0.15, 0.2) is 0 Å². The first-order valence-corrected chi connectivity index (χ1v) is 8.01. The second-order valence-electron chi connectivity index (χ2n) is 5.24. The average Bonchev–Trinajstić information content (AvgIpc) is 2.84. The Bertz CT molecular complexity index is 406. The lowest BCUT2D eigenvalue weighted by atomic mass is 9.87. The lowest BCUT2D eigenvalue weighted by Gasteiger charge is -2.45. The molecular weight excluding hydrogens is 282 g/mol. The summed E-state index contributed by atoms with van der Waals surface area (Å²) in [7, 11) is 0. The molecule has 2 atom stereocenters. The zero-order chi connectivity index (χ0) is 13.9. The van der Waals surface area contributed by atoms with E-state index in [1.807, 2.05) is 12.1 Å². The summed E-state index contributed by atoms with van der Waals surface area (Å²) in [4.78, 5) is 3.50. The Hall–Kier alpha value is -0.130. The third kappa shape index (κ3) is 3.50. The molecule has 3 nitrogen and oxygen atoms in total. The average molecular weight is 304 g/mol. The van der Waals surface area contributed by atoms with Crippen LogP contribution in [-0.4, -0.2) is 48.0 Å². The monoisotopic (exact) mass is 303 g/mol. The molecule has 0 aromatic carbocycles. The molecule has 2 unspecified atom stereocenters. The van der Waals surface area contributed by atoms with E-state index < -0.39 is 0 Å². The van der Waals surface area contributed by atoms with Crippen LogP contribution < -0.4 is 0 Å². The molecule has 0 spiro atoms. The lowest BCUT2D eigenvalue weighted by Crippen LogP contribution is -2.58. The zero-order valence-electron chi connectivity index (χ0n) is 11.6. The van der Waals surface area contributed by atoms with Crippen molar-refractivity contribution in [1.82, 2.24) is 4.90 Å². The molecule has 19 heavy (non-hydrogen) atoms. The van der Waals surface area contributed by atoms with Gasteiger partial charge in [0.05, 0.1) is 23.7 Å². The van der Waals surface area contributed by atoms with Gasteiger partial charge in [-0.15, -0.1) is 11.3 Å². The molecular formula is C14H22ClNO2S. The molecule has 1 aromatic rings. The maximum Gasteiger partial charge on any atom is 0.0931 e. The highest BCUT2D eigenvalue weighted by molar-refractivity contribution is 7.16. The van der Waals surface area contributed by atoms with Gasteiger partial charge in [-0.3, -0.25) is 4.90 Å². The first kappa shape index (κ1) is 15.3. The molecule has 1 aliphatic heterocycles. The Morgan fingerprint density at radius 2 is 2.16 bits per heavy atom. The number of thiophene rings is 1. The van der Waals surface area contributed by atoms with Gasteiger partial charge in [0, 0.05) is 29.9 Å². The first-order valence-electron chi connectivity index (χ1n) is 6.81. The Morgan fingerprint density at radius 1 is 1.47 bits per heavy atom. The van der Waals surface area contributed by atoms with Crippen LogP contribution in [0.3, 0.4) is 0 Å². The molecule has 0 aliphatic carbocycles. The second-order valence-corrected chi connectivity index (χ2v) is 7.04. The van der Waals surface area contributed by atoms with E-state index in [4.69, 9.17) is 16.3 Å². The van der Waals surface area contributed by atoms with Gasteiger partial charge in [-0.25, -0.2) is 0 Å². The molecule has 0 bridgehead atoms. The fourth-order valence-corrected chi connectivity index (χ4v) is 3.74. The van der Waals surface area contributed by atoms with E-state index in [0.29, 0.717) is 6.42 Å². The van der Waals surface area contributed by atoms with Gasteiger partial charge >= 0.3 is 0 Å². The van der Waals surface area contributed by atoms with E-state index >= 15 is 0 Å². The van der Waals surface area contributed by atoms with E-state index in [0.717, 1.165) is 41.9 Å². The number of nitrogens with zero attached hydrogens (tertiary/aromatic N) is 1. The summed E-state index contributed by atoms with van der Waals surface area (Å²) in [5.74, 6) is 0. The lowest BCUT2D eigenvalue weighted by molar-refractivity contribution is -0.0712. The molecule has 1 aliphatic rings. The third-order valence-electron chi connectivity index (χ3n) is 4.19. The van der Waals surface area contributed by atoms with Gasteiger partial charge in [-0.1, -0.05) is 18.5 Å². The van der Waals surface area contributed by atoms with Crippen LogP contribution in [0.25, 0.3) is 0 Å². The molecule has 0 radical (unpaired) electrons. The van der Waals surface area contributed by atoms with E-state index in [1.165, 1.54) is 0 Å². The Morgan fingerprint density at radius 3 is 2.68 bits per heavy atom. The number of halogens is 1. The maximum atomic E-state index is 10.7. The van der Waals surface area contributed by atoms with Crippen molar-refractivity contribution in [2.45, 2.75) is 38.3 Å². The van der Waals surface area contributed by atoms with Crippen LogP contribution in [0.5, 0.6) is 0 Å². The summed E-state index contributed by atoms with van der Waals surface area (Å²) < 4.78 is 6.19. The predicted molar refractivity (Wildman–Crippen MR) is 80.1 cm³/mol. The van der Waals surface area contributed by atoms with Gasteiger partial charge in [-0.2, -0.15) is 0 Å². The minimum Gasteiger partial charge on any atom is -0.391 e. The van der Waals surface area contributed by atoms with Gasteiger partial charge in [0.1, 0.15) is 0 Å². The van der Waals surface area contributed by atoms with Crippen molar-refractivity contribution in [3.05, 3.63) is 21.3 Å². The van der Waals surface area contributed by atoms with Crippen LogP contribution in [0.1, 0.15) is 25.1 Å². The molecule has 1 saturated heterocycles. The van der Waals surface area contributed by atoms with Crippen molar-refractivity contribution in [3.63, 3.8) is 0 Å². The fourth-order valence-electron chi connectivity index (χ4n) is 2.62. The van der Waals surface area contributed by atoms with E-state index in [9.17, 15) is 5.11 Å². The summed E-state index contributed by atoms with van der Waals surface area (Å²) in [6, 6.07) is 3.90. The predicted octanol–water partition coefficient (Wildman–Crippen LogP) is 2.81. The SMILES string of the molecule is CCC(C)(C(O)Cc1ccc(Cl)s1)N1CCOCC1. The molecule has 2 heterocycles. The van der Waals surface area contributed by atoms with E-state index in [-0.39, 0.29) is 11.6 Å². The highest BCUT2D eigenvalue weighted by Crippen LogP contribution is 2.30. The summed E-state index contributed by atoms with van der Waals surface area (Å²) in [5.41, 5.74) is -0.194. The van der Waals surface area contributed by atoms with Gasteiger partial charge in [-0.05, 0) is 25.5 Å². The summed E-state index contributed by atoms with van der Waals surface area (Å²) in [6.07, 6.45) is 1.21. The summed E-state index contributed by atoms with van der Waals surface area (Å²) in [6.45, 7) is 7.59. The number of hydrogen-bond donors (Lipinski definition) is 1. The van der Waals surface area contributed by atoms with E-state index in [2.05, 4.69) is 18.7 Å². The number of morpholine rings is 1. The third-order valence-corrected chi connectivity index (χ3v) is 5.44. The molecule has 1 N–H and O–H groups in total. The van der Waals surface area contributed by atoms with Crippen molar-refractivity contribution in [1.29, 1.82) is 0 Å². The fraction of sp³-hybridized carbons (Fsp3) is 0.714. The topological polar surface area (TPSA) is 32.7 Å². The van der Waals surface area contributed by atoms with Crippen molar-refractivity contribution in [2.75, 3.05) is 26.3 Å². The van der Waals surface area contributed by atoms with Crippen molar-refractivity contribution >= 4 is 22.9 Å². The molecule has 2 rings (SSSR count). The van der Waals surface area contributed by atoms with Gasteiger partial charge in [0.2, 0.25) is 0 Å². The van der Waals surface area contributed by atoms with Crippen LogP contribution >= 0.6 is 22.9 Å². The normalized spacial score (nSPS) is 22.1.